The normalized spacial score (nSPS) is 14.5. The van der Waals surface area contributed by atoms with E-state index in [4.69, 9.17) is 61.0 Å². The van der Waals surface area contributed by atoms with Gasteiger partial charge in [-0.1, -0.05) is 23.2 Å². The van der Waals surface area contributed by atoms with Crippen LogP contribution >= 0.6 is 46.4 Å². The number of aliphatic hydroxyl groups is 2. The number of hydrogen-bond acceptors (Lipinski definition) is 5. The van der Waals surface area contributed by atoms with Crippen molar-refractivity contribution < 1.29 is 24.2 Å². The Hall–Kier alpha value is -0.300. The highest BCUT2D eigenvalue weighted by molar-refractivity contribution is 6.72. The van der Waals surface area contributed by atoms with Crippen LogP contribution in [0.1, 0.15) is 43.4 Å². The summed E-state index contributed by atoms with van der Waals surface area (Å²) in [6, 6.07) is 0. The average Bonchev–Trinajstić information content (AvgIpc) is 2.56. The van der Waals surface area contributed by atoms with Crippen LogP contribution in [-0.2, 0) is 0 Å². The molecule has 1 aromatic heterocycles. The Labute approximate surface area is 115 Å². The number of alkyl halides is 2. The molecule has 0 aliphatic rings. The second-order valence-electron chi connectivity index (χ2n) is 2.80. The van der Waals surface area contributed by atoms with Crippen LogP contribution in [0.15, 0.2) is 4.42 Å². The maximum absolute atomic E-state index is 11.1. The first kappa shape index (κ1) is 14.8. The first-order chi connectivity index (χ1) is 7.77. The fourth-order valence-electron chi connectivity index (χ4n) is 1.19. The molecule has 0 saturated carbocycles. The topological polar surface area (TPSA) is 87.7 Å². The highest BCUT2D eigenvalue weighted by Gasteiger charge is 2.33. The largest absolute Gasteiger partial charge is 0.456 e. The molecule has 0 spiro atoms. The van der Waals surface area contributed by atoms with Crippen molar-refractivity contribution >= 4 is 56.9 Å². The van der Waals surface area contributed by atoms with Gasteiger partial charge in [0.2, 0.25) is 0 Å². The second kappa shape index (κ2) is 5.56. The van der Waals surface area contributed by atoms with Gasteiger partial charge in [-0.15, -0.1) is 0 Å². The number of rotatable bonds is 4. The first-order valence-corrected chi connectivity index (χ1v) is 5.60. The van der Waals surface area contributed by atoms with Crippen LogP contribution in [0, 0.1) is 0 Å². The zero-order chi connectivity index (χ0) is 13.3. The van der Waals surface area contributed by atoms with Gasteiger partial charge in [-0.2, -0.15) is 0 Å². The third kappa shape index (κ3) is 2.93. The number of carbonyl (C=O) groups excluding carboxylic acids is 2. The summed E-state index contributed by atoms with van der Waals surface area (Å²) in [4.78, 5) is 22.3. The lowest BCUT2D eigenvalue weighted by Gasteiger charge is -1.99. The van der Waals surface area contributed by atoms with E-state index in [1.807, 2.05) is 0 Å². The molecule has 17 heavy (non-hydrogen) atoms. The lowest BCUT2D eigenvalue weighted by Crippen LogP contribution is -2.04. The summed E-state index contributed by atoms with van der Waals surface area (Å²) < 4.78 is 4.82. The monoisotopic (exact) mass is 320 g/mol. The van der Waals surface area contributed by atoms with Crippen LogP contribution in [0.5, 0.6) is 0 Å². The molecule has 0 aromatic carbocycles. The summed E-state index contributed by atoms with van der Waals surface area (Å²) in [5, 5.41) is 16.0. The van der Waals surface area contributed by atoms with E-state index in [1.54, 1.807) is 0 Å². The molecule has 0 radical (unpaired) electrons. The summed E-state index contributed by atoms with van der Waals surface area (Å²) in [5.74, 6) is -1.02. The SMILES string of the molecule is O=C(Cl)c1c(C(O)Cl)oc(C(O)Cl)c1C(=O)Cl. The van der Waals surface area contributed by atoms with Crippen LogP contribution < -0.4 is 0 Å². The van der Waals surface area contributed by atoms with Crippen molar-refractivity contribution in [3.05, 3.63) is 22.6 Å². The number of halogens is 4. The van der Waals surface area contributed by atoms with Crippen LogP contribution in [0.3, 0.4) is 0 Å². The molecule has 0 aliphatic carbocycles. The van der Waals surface area contributed by atoms with Crippen molar-refractivity contribution in [3.63, 3.8) is 0 Å². The van der Waals surface area contributed by atoms with Gasteiger partial charge in [0.05, 0.1) is 11.1 Å². The van der Waals surface area contributed by atoms with Gasteiger partial charge in [0, 0.05) is 0 Å². The molecule has 0 amide bonds. The Kier molecular flexibility index (Phi) is 4.83. The molecular formula is C8H4Cl4O5. The predicted molar refractivity (Wildman–Crippen MR) is 60.7 cm³/mol. The number of furan rings is 1. The van der Waals surface area contributed by atoms with Gasteiger partial charge in [-0.05, 0) is 23.2 Å². The Morgan fingerprint density at radius 2 is 1.24 bits per heavy atom. The fraction of sp³-hybridized carbons (Fsp3) is 0.250. The van der Waals surface area contributed by atoms with Crippen LogP contribution in [0.25, 0.3) is 0 Å². The quantitative estimate of drug-likeness (QED) is 0.657. The molecule has 1 heterocycles. The van der Waals surface area contributed by atoms with Crippen molar-refractivity contribution in [2.45, 2.75) is 11.1 Å². The van der Waals surface area contributed by atoms with Gasteiger partial charge < -0.3 is 14.6 Å². The lowest BCUT2D eigenvalue weighted by molar-refractivity contribution is 0.104. The number of aliphatic hydroxyl groups excluding tert-OH is 2. The van der Waals surface area contributed by atoms with E-state index in [0.29, 0.717) is 0 Å². The van der Waals surface area contributed by atoms with Crippen molar-refractivity contribution in [1.82, 2.24) is 0 Å². The smallest absolute Gasteiger partial charge is 0.256 e. The zero-order valence-electron chi connectivity index (χ0n) is 7.79. The average molecular weight is 322 g/mol. The summed E-state index contributed by atoms with van der Waals surface area (Å²) in [7, 11) is 0. The zero-order valence-corrected chi connectivity index (χ0v) is 10.8. The van der Waals surface area contributed by atoms with Crippen LogP contribution in [0.4, 0.5) is 0 Å². The molecule has 0 bridgehead atoms. The molecule has 0 fully saturated rings. The van der Waals surface area contributed by atoms with E-state index < -0.39 is 44.3 Å². The Morgan fingerprint density at radius 1 is 0.941 bits per heavy atom. The van der Waals surface area contributed by atoms with Gasteiger partial charge >= 0.3 is 0 Å². The molecule has 9 heteroatoms. The Balaban J connectivity index is 3.61. The van der Waals surface area contributed by atoms with Gasteiger partial charge in [0.1, 0.15) is 0 Å². The fourth-order valence-corrected chi connectivity index (χ4v) is 1.88. The molecule has 2 unspecified atom stereocenters. The summed E-state index contributed by atoms with van der Waals surface area (Å²) >= 11 is 21.1. The Morgan fingerprint density at radius 3 is 1.41 bits per heavy atom. The van der Waals surface area contributed by atoms with E-state index >= 15 is 0 Å². The minimum Gasteiger partial charge on any atom is -0.456 e. The van der Waals surface area contributed by atoms with E-state index in [1.165, 1.54) is 0 Å². The van der Waals surface area contributed by atoms with Gasteiger partial charge in [-0.3, -0.25) is 9.59 Å². The molecule has 94 valence electrons. The number of carbonyl (C=O) groups is 2. The second-order valence-corrected chi connectivity index (χ2v) is 4.31. The summed E-state index contributed by atoms with van der Waals surface area (Å²) in [6.07, 6.45) is 0. The van der Waals surface area contributed by atoms with Crippen molar-refractivity contribution in [2.75, 3.05) is 0 Å². The van der Waals surface area contributed by atoms with E-state index in [0.717, 1.165) is 0 Å². The van der Waals surface area contributed by atoms with Crippen molar-refractivity contribution in [2.24, 2.45) is 0 Å². The maximum atomic E-state index is 11.1. The van der Waals surface area contributed by atoms with Crippen LogP contribution in [-0.4, -0.2) is 20.7 Å². The standard InChI is InChI=1S/C8H4Cl4O5/c9-5(13)1-2(6(10)14)4(8(12)16)17-3(1)7(11)15/h7-8,15-16H. The summed E-state index contributed by atoms with van der Waals surface area (Å²) in [6.45, 7) is 0. The Bertz CT molecular complexity index is 424. The highest BCUT2D eigenvalue weighted by atomic mass is 35.5. The minimum atomic E-state index is -1.74. The molecule has 1 aromatic rings. The molecular weight excluding hydrogens is 318 g/mol. The van der Waals surface area contributed by atoms with Crippen LogP contribution in [0.2, 0.25) is 0 Å². The molecule has 0 saturated heterocycles. The van der Waals surface area contributed by atoms with Crippen molar-refractivity contribution in [1.29, 1.82) is 0 Å². The molecule has 0 aliphatic heterocycles. The minimum absolute atomic E-state index is 0.509. The van der Waals surface area contributed by atoms with E-state index in [-0.39, 0.29) is 0 Å². The van der Waals surface area contributed by atoms with E-state index in [2.05, 4.69) is 0 Å². The number of hydrogen-bond donors (Lipinski definition) is 2. The third-order valence-electron chi connectivity index (χ3n) is 1.79. The molecule has 1 rings (SSSR count). The maximum Gasteiger partial charge on any atom is 0.256 e. The van der Waals surface area contributed by atoms with Gasteiger partial charge in [-0.25, -0.2) is 0 Å². The lowest BCUT2D eigenvalue weighted by atomic mass is 10.1. The first-order valence-electron chi connectivity index (χ1n) is 3.97. The summed E-state index contributed by atoms with van der Waals surface area (Å²) in [5.41, 5.74) is -4.54. The van der Waals surface area contributed by atoms with Crippen molar-refractivity contribution in [3.8, 4) is 0 Å². The predicted octanol–water partition coefficient (Wildman–Crippen LogP) is 2.50. The highest BCUT2D eigenvalue weighted by Crippen LogP contribution is 2.36. The third-order valence-corrected chi connectivity index (χ3v) is 2.56. The molecule has 2 N–H and O–H groups in total. The molecule has 2 atom stereocenters. The van der Waals surface area contributed by atoms with E-state index in [9.17, 15) is 9.59 Å². The van der Waals surface area contributed by atoms with Gasteiger partial charge in [0.25, 0.3) is 10.5 Å². The molecule has 5 nitrogen and oxygen atoms in total. The van der Waals surface area contributed by atoms with Gasteiger partial charge in [0.15, 0.2) is 22.6 Å².